The SMILES string of the molecule is C=CCN(CCO)C(=O)Nc1ccccc1CCC. The molecule has 1 aromatic carbocycles. The maximum absolute atomic E-state index is 12.1. The second-order valence-corrected chi connectivity index (χ2v) is 4.30. The van der Waals surface area contributed by atoms with Gasteiger partial charge in [0, 0.05) is 18.8 Å². The van der Waals surface area contributed by atoms with Crippen LogP contribution in [0.15, 0.2) is 36.9 Å². The van der Waals surface area contributed by atoms with Crippen LogP contribution in [0.3, 0.4) is 0 Å². The van der Waals surface area contributed by atoms with Crippen molar-refractivity contribution in [2.24, 2.45) is 0 Å². The highest BCUT2D eigenvalue weighted by molar-refractivity contribution is 5.90. The number of hydrogen-bond donors (Lipinski definition) is 2. The van der Waals surface area contributed by atoms with E-state index in [2.05, 4.69) is 18.8 Å². The first-order valence-electron chi connectivity index (χ1n) is 6.58. The number of para-hydroxylation sites is 1. The van der Waals surface area contributed by atoms with Crippen molar-refractivity contribution in [1.82, 2.24) is 4.90 Å². The van der Waals surface area contributed by atoms with Gasteiger partial charge in [0.1, 0.15) is 0 Å². The second-order valence-electron chi connectivity index (χ2n) is 4.30. The Bertz CT molecular complexity index is 418. The molecule has 0 heterocycles. The number of urea groups is 1. The van der Waals surface area contributed by atoms with Crippen LogP contribution in [-0.2, 0) is 6.42 Å². The molecule has 0 aliphatic carbocycles. The van der Waals surface area contributed by atoms with E-state index in [1.54, 1.807) is 6.08 Å². The van der Waals surface area contributed by atoms with E-state index in [1.165, 1.54) is 4.90 Å². The molecular formula is C15H22N2O2. The van der Waals surface area contributed by atoms with Crippen LogP contribution in [0.25, 0.3) is 0 Å². The molecule has 2 N–H and O–H groups in total. The smallest absolute Gasteiger partial charge is 0.322 e. The molecule has 1 rings (SSSR count). The van der Waals surface area contributed by atoms with Gasteiger partial charge in [-0.25, -0.2) is 4.79 Å². The lowest BCUT2D eigenvalue weighted by molar-refractivity contribution is 0.195. The summed E-state index contributed by atoms with van der Waals surface area (Å²) in [5.41, 5.74) is 1.96. The predicted molar refractivity (Wildman–Crippen MR) is 78.3 cm³/mol. The molecule has 1 aromatic rings. The molecule has 4 heteroatoms. The zero-order chi connectivity index (χ0) is 14.1. The van der Waals surface area contributed by atoms with Crippen molar-refractivity contribution in [3.63, 3.8) is 0 Å². The molecule has 0 radical (unpaired) electrons. The summed E-state index contributed by atoms with van der Waals surface area (Å²) in [6.07, 6.45) is 3.60. The van der Waals surface area contributed by atoms with E-state index in [9.17, 15) is 4.79 Å². The molecule has 0 spiro atoms. The standard InChI is InChI=1S/C15H22N2O2/c1-3-7-13-8-5-6-9-14(13)16-15(19)17(10-4-2)11-12-18/h4-6,8-9,18H,2-3,7,10-12H2,1H3,(H,16,19). The second kappa shape index (κ2) is 8.32. The van der Waals surface area contributed by atoms with E-state index in [1.807, 2.05) is 24.3 Å². The highest BCUT2D eigenvalue weighted by atomic mass is 16.3. The van der Waals surface area contributed by atoms with E-state index in [4.69, 9.17) is 5.11 Å². The van der Waals surface area contributed by atoms with Crippen LogP contribution in [0.5, 0.6) is 0 Å². The molecule has 4 nitrogen and oxygen atoms in total. The summed E-state index contributed by atoms with van der Waals surface area (Å²) in [5, 5.41) is 11.9. The van der Waals surface area contributed by atoms with E-state index in [0.29, 0.717) is 13.1 Å². The number of aliphatic hydroxyl groups is 1. The molecule has 0 bridgehead atoms. The molecular weight excluding hydrogens is 240 g/mol. The van der Waals surface area contributed by atoms with Crippen molar-refractivity contribution < 1.29 is 9.90 Å². The largest absolute Gasteiger partial charge is 0.395 e. The molecule has 0 saturated carbocycles. The van der Waals surface area contributed by atoms with Crippen molar-refractivity contribution in [3.8, 4) is 0 Å². The van der Waals surface area contributed by atoms with Crippen LogP contribution in [0.2, 0.25) is 0 Å². The average Bonchev–Trinajstić information content (AvgIpc) is 2.41. The summed E-state index contributed by atoms with van der Waals surface area (Å²) in [6, 6.07) is 7.57. The zero-order valence-corrected chi connectivity index (χ0v) is 11.4. The number of aryl methyl sites for hydroxylation is 1. The fourth-order valence-corrected chi connectivity index (χ4v) is 1.88. The number of benzene rings is 1. The number of amides is 2. The molecule has 2 amide bonds. The third-order valence-electron chi connectivity index (χ3n) is 2.78. The van der Waals surface area contributed by atoms with Crippen molar-refractivity contribution >= 4 is 11.7 Å². The molecule has 0 aliphatic rings. The van der Waals surface area contributed by atoms with Crippen LogP contribution in [0.4, 0.5) is 10.5 Å². The van der Waals surface area contributed by atoms with Gasteiger partial charge in [0.15, 0.2) is 0 Å². The van der Waals surface area contributed by atoms with E-state index < -0.39 is 0 Å². The quantitative estimate of drug-likeness (QED) is 0.742. The zero-order valence-electron chi connectivity index (χ0n) is 11.4. The first-order chi connectivity index (χ1) is 9.22. The van der Waals surface area contributed by atoms with Gasteiger partial charge in [-0.15, -0.1) is 6.58 Å². The van der Waals surface area contributed by atoms with Gasteiger partial charge in [-0.3, -0.25) is 0 Å². The molecule has 0 unspecified atom stereocenters. The topological polar surface area (TPSA) is 52.6 Å². The summed E-state index contributed by atoms with van der Waals surface area (Å²) in [7, 11) is 0. The third kappa shape index (κ3) is 4.75. The highest BCUT2D eigenvalue weighted by Gasteiger charge is 2.12. The molecule has 0 atom stereocenters. The van der Waals surface area contributed by atoms with Gasteiger partial charge in [-0.2, -0.15) is 0 Å². The summed E-state index contributed by atoms with van der Waals surface area (Å²) in [4.78, 5) is 13.6. The monoisotopic (exact) mass is 262 g/mol. The number of nitrogens with zero attached hydrogens (tertiary/aromatic N) is 1. The maximum atomic E-state index is 12.1. The predicted octanol–water partition coefficient (Wildman–Crippen LogP) is 2.65. The number of hydrogen-bond acceptors (Lipinski definition) is 2. The normalized spacial score (nSPS) is 10.0. The Kier molecular flexibility index (Phi) is 6.68. The molecule has 19 heavy (non-hydrogen) atoms. The Morgan fingerprint density at radius 2 is 2.21 bits per heavy atom. The van der Waals surface area contributed by atoms with Gasteiger partial charge < -0.3 is 15.3 Å². The van der Waals surface area contributed by atoms with Crippen molar-refractivity contribution in [2.75, 3.05) is 25.0 Å². The van der Waals surface area contributed by atoms with Crippen LogP contribution in [0.1, 0.15) is 18.9 Å². The number of carbonyl (C=O) groups excluding carboxylic acids is 1. The van der Waals surface area contributed by atoms with Gasteiger partial charge in [0.25, 0.3) is 0 Å². The summed E-state index contributed by atoms with van der Waals surface area (Å²) in [6.45, 7) is 6.38. The molecule has 0 fully saturated rings. The lowest BCUT2D eigenvalue weighted by atomic mass is 10.1. The molecule has 0 saturated heterocycles. The lowest BCUT2D eigenvalue weighted by Crippen LogP contribution is -2.37. The third-order valence-corrected chi connectivity index (χ3v) is 2.78. The Morgan fingerprint density at radius 1 is 1.47 bits per heavy atom. The van der Waals surface area contributed by atoms with Crippen molar-refractivity contribution in [1.29, 1.82) is 0 Å². The van der Waals surface area contributed by atoms with Gasteiger partial charge >= 0.3 is 6.03 Å². The number of aliphatic hydroxyl groups excluding tert-OH is 1. The van der Waals surface area contributed by atoms with Gasteiger partial charge in [-0.05, 0) is 18.1 Å². The first kappa shape index (κ1) is 15.2. The Balaban J connectivity index is 2.76. The Morgan fingerprint density at radius 3 is 2.84 bits per heavy atom. The van der Waals surface area contributed by atoms with E-state index in [0.717, 1.165) is 24.1 Å². The van der Waals surface area contributed by atoms with Gasteiger partial charge in [-0.1, -0.05) is 37.6 Å². The van der Waals surface area contributed by atoms with Gasteiger partial charge in [0.05, 0.1) is 6.61 Å². The highest BCUT2D eigenvalue weighted by Crippen LogP contribution is 2.17. The Hall–Kier alpha value is -1.81. The minimum Gasteiger partial charge on any atom is -0.395 e. The fourth-order valence-electron chi connectivity index (χ4n) is 1.88. The summed E-state index contributed by atoms with van der Waals surface area (Å²) >= 11 is 0. The minimum absolute atomic E-state index is 0.0577. The Labute approximate surface area is 114 Å². The van der Waals surface area contributed by atoms with E-state index >= 15 is 0 Å². The first-order valence-corrected chi connectivity index (χ1v) is 6.58. The lowest BCUT2D eigenvalue weighted by Gasteiger charge is -2.21. The number of nitrogens with one attached hydrogen (secondary N) is 1. The molecule has 0 aliphatic heterocycles. The van der Waals surface area contributed by atoms with Crippen molar-refractivity contribution in [3.05, 3.63) is 42.5 Å². The molecule has 104 valence electrons. The fraction of sp³-hybridized carbons (Fsp3) is 0.400. The number of carbonyl (C=O) groups is 1. The summed E-state index contributed by atoms with van der Waals surface area (Å²) < 4.78 is 0. The molecule has 0 aromatic heterocycles. The van der Waals surface area contributed by atoms with Crippen LogP contribution >= 0.6 is 0 Å². The van der Waals surface area contributed by atoms with Crippen molar-refractivity contribution in [2.45, 2.75) is 19.8 Å². The average molecular weight is 262 g/mol. The van der Waals surface area contributed by atoms with E-state index in [-0.39, 0.29) is 12.6 Å². The van der Waals surface area contributed by atoms with Gasteiger partial charge in [0.2, 0.25) is 0 Å². The van der Waals surface area contributed by atoms with Crippen LogP contribution in [0, 0.1) is 0 Å². The number of rotatable bonds is 7. The van der Waals surface area contributed by atoms with Crippen LogP contribution < -0.4 is 5.32 Å². The number of anilines is 1. The maximum Gasteiger partial charge on any atom is 0.322 e. The van der Waals surface area contributed by atoms with Crippen LogP contribution in [-0.4, -0.2) is 35.7 Å². The minimum atomic E-state index is -0.211. The summed E-state index contributed by atoms with van der Waals surface area (Å²) in [5.74, 6) is 0.